The molecule has 8 nitrogen and oxygen atoms in total. The number of urea groups is 1. The van der Waals surface area contributed by atoms with Crippen LogP contribution in [-0.4, -0.2) is 47.9 Å². The molecule has 0 aromatic heterocycles. The lowest BCUT2D eigenvalue weighted by atomic mass is 10.1. The van der Waals surface area contributed by atoms with Gasteiger partial charge in [0, 0.05) is 5.69 Å². The molecule has 1 aliphatic heterocycles. The number of nitrogens with one attached hydrogen (secondary N) is 2. The average Bonchev–Trinajstić information content (AvgIpc) is 2.70. The van der Waals surface area contributed by atoms with Gasteiger partial charge in [-0.3, -0.25) is 14.5 Å². The highest BCUT2D eigenvalue weighted by Gasteiger charge is 2.44. The Labute approximate surface area is 139 Å². The van der Waals surface area contributed by atoms with Crippen LogP contribution >= 0.6 is 0 Å². The third kappa shape index (κ3) is 3.37. The number of esters is 1. The van der Waals surface area contributed by atoms with E-state index in [0.717, 1.165) is 10.5 Å². The number of rotatable bonds is 4. The molecule has 4 amide bonds. The monoisotopic (exact) mass is 333 g/mol. The van der Waals surface area contributed by atoms with Gasteiger partial charge in [-0.25, -0.2) is 9.59 Å². The Bertz CT molecular complexity index is 726. The van der Waals surface area contributed by atoms with Crippen LogP contribution in [0.5, 0.6) is 0 Å². The Balaban J connectivity index is 2.12. The smallest absolute Gasteiger partial charge is 0.337 e. The molecule has 1 heterocycles. The van der Waals surface area contributed by atoms with Crippen molar-refractivity contribution >= 4 is 29.5 Å². The van der Waals surface area contributed by atoms with E-state index in [1.165, 1.54) is 13.2 Å². The fourth-order valence-corrected chi connectivity index (χ4v) is 2.30. The minimum absolute atomic E-state index is 0.287. The van der Waals surface area contributed by atoms with Crippen molar-refractivity contribution in [3.63, 3.8) is 0 Å². The molecule has 1 aromatic carbocycles. The molecule has 0 unspecified atom stereocenters. The molecular formula is C16H19N3O5. The highest BCUT2D eigenvalue weighted by molar-refractivity contribution is 6.09. The predicted molar refractivity (Wildman–Crippen MR) is 85.5 cm³/mol. The molecule has 1 fully saturated rings. The second-order valence-corrected chi connectivity index (χ2v) is 6.02. The van der Waals surface area contributed by atoms with Crippen LogP contribution in [0.3, 0.4) is 0 Å². The van der Waals surface area contributed by atoms with Crippen LogP contribution < -0.4 is 10.6 Å². The summed E-state index contributed by atoms with van der Waals surface area (Å²) in [6.45, 7) is 4.48. The highest BCUT2D eigenvalue weighted by Crippen LogP contribution is 2.19. The molecular weight excluding hydrogens is 314 g/mol. The number of hydrogen-bond acceptors (Lipinski definition) is 5. The molecule has 2 N–H and O–H groups in total. The van der Waals surface area contributed by atoms with Crippen LogP contribution in [0.25, 0.3) is 0 Å². The lowest BCUT2D eigenvalue weighted by Gasteiger charge is -2.16. The van der Waals surface area contributed by atoms with Gasteiger partial charge in [0.25, 0.3) is 5.91 Å². The van der Waals surface area contributed by atoms with Gasteiger partial charge in [0.1, 0.15) is 12.1 Å². The van der Waals surface area contributed by atoms with Gasteiger partial charge in [0.05, 0.1) is 12.7 Å². The Morgan fingerprint density at radius 1 is 1.29 bits per heavy atom. The van der Waals surface area contributed by atoms with Gasteiger partial charge in [0.2, 0.25) is 5.91 Å². The predicted octanol–water partition coefficient (Wildman–Crippen LogP) is 1.05. The Morgan fingerprint density at radius 2 is 1.96 bits per heavy atom. The van der Waals surface area contributed by atoms with E-state index < -0.39 is 35.9 Å². The lowest BCUT2D eigenvalue weighted by molar-refractivity contribution is -0.132. The number of imide groups is 1. The zero-order valence-corrected chi connectivity index (χ0v) is 13.9. The van der Waals surface area contributed by atoms with Crippen molar-refractivity contribution in [3.8, 4) is 0 Å². The van der Waals surface area contributed by atoms with Crippen LogP contribution in [-0.2, 0) is 14.3 Å². The van der Waals surface area contributed by atoms with E-state index in [1.807, 2.05) is 0 Å². The van der Waals surface area contributed by atoms with E-state index in [0.29, 0.717) is 5.69 Å². The van der Waals surface area contributed by atoms with Crippen molar-refractivity contribution in [2.24, 2.45) is 0 Å². The fourth-order valence-electron chi connectivity index (χ4n) is 2.30. The van der Waals surface area contributed by atoms with E-state index in [1.54, 1.807) is 32.9 Å². The summed E-state index contributed by atoms with van der Waals surface area (Å²) in [5.74, 6) is -1.54. The van der Waals surface area contributed by atoms with Crippen molar-refractivity contribution in [1.29, 1.82) is 0 Å². The molecule has 24 heavy (non-hydrogen) atoms. The number of methoxy groups -OCH3 is 1. The van der Waals surface area contributed by atoms with Crippen molar-refractivity contribution in [2.75, 3.05) is 19.0 Å². The van der Waals surface area contributed by atoms with E-state index in [4.69, 9.17) is 0 Å². The van der Waals surface area contributed by atoms with Gasteiger partial charge in [-0.2, -0.15) is 0 Å². The normalized spacial score (nSPS) is 15.9. The summed E-state index contributed by atoms with van der Waals surface area (Å²) < 4.78 is 4.64. The molecule has 1 saturated heterocycles. The molecule has 2 rings (SSSR count). The second-order valence-electron chi connectivity index (χ2n) is 6.02. The molecule has 0 spiro atoms. The van der Waals surface area contributed by atoms with Gasteiger partial charge in [-0.1, -0.05) is 6.07 Å². The maximum absolute atomic E-state index is 12.2. The lowest BCUT2D eigenvalue weighted by Crippen LogP contribution is -2.41. The summed E-state index contributed by atoms with van der Waals surface area (Å²) >= 11 is 0. The van der Waals surface area contributed by atoms with Crippen LogP contribution in [0.1, 0.15) is 29.8 Å². The van der Waals surface area contributed by atoms with E-state index >= 15 is 0 Å². The zero-order valence-electron chi connectivity index (χ0n) is 13.9. The van der Waals surface area contributed by atoms with Crippen molar-refractivity contribution in [1.82, 2.24) is 10.2 Å². The van der Waals surface area contributed by atoms with Gasteiger partial charge < -0.3 is 15.4 Å². The molecule has 1 aliphatic rings. The molecule has 0 aliphatic carbocycles. The molecule has 0 saturated carbocycles. The molecule has 8 heteroatoms. The van der Waals surface area contributed by atoms with Crippen molar-refractivity contribution in [2.45, 2.75) is 26.3 Å². The third-order valence-corrected chi connectivity index (χ3v) is 3.68. The zero-order chi connectivity index (χ0) is 18.1. The van der Waals surface area contributed by atoms with Gasteiger partial charge in [0.15, 0.2) is 0 Å². The molecule has 0 radical (unpaired) electrons. The number of carbonyl (C=O) groups excluding carboxylic acids is 4. The van der Waals surface area contributed by atoms with E-state index in [9.17, 15) is 19.2 Å². The molecule has 1 aromatic rings. The van der Waals surface area contributed by atoms with Crippen LogP contribution in [0.4, 0.5) is 10.5 Å². The maximum Gasteiger partial charge on any atom is 0.337 e. The maximum atomic E-state index is 12.2. The van der Waals surface area contributed by atoms with Crippen LogP contribution in [0.2, 0.25) is 0 Å². The van der Waals surface area contributed by atoms with Crippen molar-refractivity contribution in [3.05, 3.63) is 29.3 Å². The first-order chi connectivity index (χ1) is 11.2. The molecule has 0 atom stereocenters. The van der Waals surface area contributed by atoms with Gasteiger partial charge in [-0.05, 0) is 38.5 Å². The molecule has 0 bridgehead atoms. The molecule has 128 valence electrons. The van der Waals surface area contributed by atoms with Crippen molar-refractivity contribution < 1.29 is 23.9 Å². The Kier molecular flexibility index (Phi) is 4.59. The largest absolute Gasteiger partial charge is 0.465 e. The Hall–Kier alpha value is -2.90. The van der Waals surface area contributed by atoms with E-state index in [2.05, 4.69) is 15.4 Å². The quantitative estimate of drug-likeness (QED) is 0.633. The van der Waals surface area contributed by atoms with E-state index in [-0.39, 0.29) is 5.56 Å². The van der Waals surface area contributed by atoms with Crippen LogP contribution in [0, 0.1) is 6.92 Å². The summed E-state index contributed by atoms with van der Waals surface area (Å²) in [7, 11) is 1.26. The van der Waals surface area contributed by atoms with Gasteiger partial charge >= 0.3 is 12.0 Å². The summed E-state index contributed by atoms with van der Waals surface area (Å²) in [4.78, 5) is 48.5. The highest BCUT2D eigenvalue weighted by atomic mass is 16.5. The first-order valence-electron chi connectivity index (χ1n) is 7.28. The minimum atomic E-state index is -1.03. The number of hydrogen-bond donors (Lipinski definition) is 2. The number of nitrogens with zero attached hydrogens (tertiary/aromatic N) is 1. The number of carbonyl (C=O) groups is 4. The first kappa shape index (κ1) is 17.5. The SMILES string of the molecule is COC(=O)c1ccc(C)c(NC(=O)CN2C(=O)NC(C)(C)C2=O)c1. The topological polar surface area (TPSA) is 105 Å². The third-order valence-electron chi connectivity index (χ3n) is 3.68. The number of aryl methyl sites for hydroxylation is 1. The summed E-state index contributed by atoms with van der Waals surface area (Å²) in [6, 6.07) is 4.12. The summed E-state index contributed by atoms with van der Waals surface area (Å²) in [5.41, 5.74) is 0.398. The summed E-state index contributed by atoms with van der Waals surface area (Å²) in [6.07, 6.45) is 0. The number of amides is 4. The number of benzene rings is 1. The fraction of sp³-hybridized carbons (Fsp3) is 0.375. The Morgan fingerprint density at radius 3 is 2.50 bits per heavy atom. The first-order valence-corrected chi connectivity index (χ1v) is 7.28. The second kappa shape index (κ2) is 6.31. The minimum Gasteiger partial charge on any atom is -0.465 e. The summed E-state index contributed by atoms with van der Waals surface area (Å²) in [5, 5.41) is 5.11. The van der Waals surface area contributed by atoms with Gasteiger partial charge in [-0.15, -0.1) is 0 Å². The average molecular weight is 333 g/mol. The standard InChI is InChI=1S/C16H19N3O5/c1-9-5-6-10(13(21)24-4)7-11(9)17-12(20)8-19-14(22)16(2,3)18-15(19)23/h5-7H,8H2,1-4H3,(H,17,20)(H,18,23). The van der Waals surface area contributed by atoms with Crippen LogP contribution in [0.15, 0.2) is 18.2 Å². The number of ether oxygens (including phenoxy) is 1. The number of anilines is 1.